The van der Waals surface area contributed by atoms with Crippen LogP contribution in [0.5, 0.6) is 0 Å². The molecule has 0 radical (unpaired) electrons. The highest BCUT2D eigenvalue weighted by Crippen LogP contribution is 2.23. The summed E-state index contributed by atoms with van der Waals surface area (Å²) in [6.07, 6.45) is 1.50. The van der Waals surface area contributed by atoms with Crippen LogP contribution >= 0.6 is 0 Å². The lowest BCUT2D eigenvalue weighted by Gasteiger charge is -2.17. The molecule has 0 fully saturated rings. The van der Waals surface area contributed by atoms with Gasteiger partial charge >= 0.3 is 0 Å². The Kier molecular flexibility index (Phi) is 3.94. The highest BCUT2D eigenvalue weighted by Gasteiger charge is 2.15. The van der Waals surface area contributed by atoms with E-state index in [1.165, 1.54) is 0 Å². The number of carbonyl (C=O) groups excluding carboxylic acids is 2. The molecular weight excluding hydrogens is 232 g/mol. The van der Waals surface area contributed by atoms with Gasteiger partial charge in [0.15, 0.2) is 0 Å². The topological polar surface area (TPSA) is 78.4 Å². The maximum Gasteiger partial charge on any atom is 0.224 e. The van der Waals surface area contributed by atoms with Crippen molar-refractivity contribution in [3.8, 4) is 0 Å². The lowest BCUT2D eigenvalue weighted by Crippen LogP contribution is -2.28. The van der Waals surface area contributed by atoms with Crippen molar-refractivity contribution in [2.24, 2.45) is 0 Å². The van der Waals surface area contributed by atoms with Crippen LogP contribution < -0.4 is 10.6 Å². The lowest BCUT2D eigenvalue weighted by atomic mass is 9.99. The molecule has 1 aliphatic rings. The number of benzene rings is 1. The molecule has 0 saturated heterocycles. The van der Waals surface area contributed by atoms with Gasteiger partial charge in [-0.15, -0.1) is 0 Å². The molecule has 1 heterocycles. The predicted octanol–water partition coefficient (Wildman–Crippen LogP) is 0.222. The Hall–Kier alpha value is -1.88. The lowest BCUT2D eigenvalue weighted by molar-refractivity contribution is -0.120. The van der Waals surface area contributed by atoms with Gasteiger partial charge in [-0.3, -0.25) is 9.59 Å². The Balaban J connectivity index is 2.03. The summed E-state index contributed by atoms with van der Waals surface area (Å²) in [6, 6.07) is 5.62. The first-order valence-electron chi connectivity index (χ1n) is 5.98. The fourth-order valence-corrected chi connectivity index (χ4v) is 1.99. The number of anilines is 1. The maximum absolute atomic E-state index is 11.5. The summed E-state index contributed by atoms with van der Waals surface area (Å²) in [5, 5.41) is 14.0. The van der Waals surface area contributed by atoms with Crippen LogP contribution in [0.15, 0.2) is 18.2 Å². The molecule has 18 heavy (non-hydrogen) atoms. The fourth-order valence-electron chi connectivity index (χ4n) is 1.99. The van der Waals surface area contributed by atoms with Gasteiger partial charge in [-0.25, -0.2) is 0 Å². The number of nitrogens with one attached hydrogen (secondary N) is 2. The molecular formula is C13H16N2O3. The Bertz CT molecular complexity index is 471. The zero-order valence-corrected chi connectivity index (χ0v) is 10.0. The van der Waals surface area contributed by atoms with Crippen molar-refractivity contribution >= 4 is 17.5 Å². The van der Waals surface area contributed by atoms with Crippen molar-refractivity contribution in [2.45, 2.75) is 19.3 Å². The summed E-state index contributed by atoms with van der Waals surface area (Å²) in [4.78, 5) is 22.7. The van der Waals surface area contributed by atoms with Crippen LogP contribution in [0.4, 0.5) is 5.69 Å². The second kappa shape index (κ2) is 5.64. The number of aliphatic hydroxyl groups excluding tert-OH is 1. The van der Waals surface area contributed by atoms with Gasteiger partial charge in [0.05, 0.1) is 13.0 Å². The number of aryl methyl sites for hydroxylation is 1. The van der Waals surface area contributed by atoms with E-state index in [-0.39, 0.29) is 25.0 Å². The molecule has 0 aliphatic carbocycles. The molecule has 0 aromatic heterocycles. The van der Waals surface area contributed by atoms with Gasteiger partial charge in [-0.2, -0.15) is 0 Å². The van der Waals surface area contributed by atoms with Crippen molar-refractivity contribution < 1.29 is 14.7 Å². The quantitative estimate of drug-likeness (QED) is 0.713. The zero-order valence-electron chi connectivity index (χ0n) is 10.0. The molecule has 0 saturated carbocycles. The zero-order chi connectivity index (χ0) is 13.0. The van der Waals surface area contributed by atoms with Gasteiger partial charge in [-0.05, 0) is 23.6 Å². The van der Waals surface area contributed by atoms with Gasteiger partial charge in [0.1, 0.15) is 0 Å². The molecule has 2 rings (SSSR count). The second-order valence-corrected chi connectivity index (χ2v) is 4.29. The number of amides is 2. The fraction of sp³-hybridized carbons (Fsp3) is 0.385. The average Bonchev–Trinajstić information content (AvgIpc) is 2.36. The van der Waals surface area contributed by atoms with Crippen molar-refractivity contribution in [1.82, 2.24) is 5.32 Å². The predicted molar refractivity (Wildman–Crippen MR) is 67.2 cm³/mol. The SMILES string of the molecule is O=C(Cc1ccc2c(c1)CCC(=O)N2)NCCO. The van der Waals surface area contributed by atoms with E-state index in [2.05, 4.69) is 10.6 Å². The minimum absolute atomic E-state index is 0.0379. The molecule has 1 aromatic carbocycles. The Labute approximate surface area is 105 Å². The highest BCUT2D eigenvalue weighted by molar-refractivity contribution is 5.94. The van der Waals surface area contributed by atoms with Crippen LogP contribution in [-0.4, -0.2) is 30.1 Å². The molecule has 2 amide bonds. The third-order valence-electron chi connectivity index (χ3n) is 2.86. The van der Waals surface area contributed by atoms with E-state index in [0.29, 0.717) is 19.3 Å². The van der Waals surface area contributed by atoms with E-state index >= 15 is 0 Å². The molecule has 0 atom stereocenters. The minimum Gasteiger partial charge on any atom is -0.395 e. The van der Waals surface area contributed by atoms with Gasteiger partial charge in [0.2, 0.25) is 11.8 Å². The number of hydrogen-bond donors (Lipinski definition) is 3. The summed E-state index contributed by atoms with van der Waals surface area (Å²) in [5.41, 5.74) is 2.83. The van der Waals surface area contributed by atoms with Gasteiger partial charge in [0.25, 0.3) is 0 Å². The summed E-state index contributed by atoms with van der Waals surface area (Å²) in [6.45, 7) is 0.224. The second-order valence-electron chi connectivity index (χ2n) is 4.29. The van der Waals surface area contributed by atoms with Crippen molar-refractivity contribution in [1.29, 1.82) is 0 Å². The van der Waals surface area contributed by atoms with Crippen LogP contribution in [-0.2, 0) is 22.4 Å². The van der Waals surface area contributed by atoms with Crippen LogP contribution in [0.25, 0.3) is 0 Å². The molecule has 3 N–H and O–H groups in total. The van der Waals surface area contributed by atoms with Crippen LogP contribution in [0.1, 0.15) is 17.5 Å². The molecule has 5 nitrogen and oxygen atoms in total. The minimum atomic E-state index is -0.108. The first kappa shape index (κ1) is 12.6. The molecule has 1 aromatic rings. The van der Waals surface area contributed by atoms with Gasteiger partial charge in [0, 0.05) is 18.7 Å². The summed E-state index contributed by atoms with van der Waals surface area (Å²) >= 11 is 0. The molecule has 1 aliphatic heterocycles. The van der Waals surface area contributed by atoms with Gasteiger partial charge < -0.3 is 15.7 Å². The molecule has 0 spiro atoms. The molecule has 0 bridgehead atoms. The summed E-state index contributed by atoms with van der Waals surface area (Å²) in [7, 11) is 0. The number of aliphatic hydroxyl groups is 1. The number of carbonyl (C=O) groups is 2. The summed E-state index contributed by atoms with van der Waals surface area (Å²) < 4.78 is 0. The smallest absolute Gasteiger partial charge is 0.224 e. The van der Waals surface area contributed by atoms with E-state index in [1.807, 2.05) is 18.2 Å². The van der Waals surface area contributed by atoms with E-state index in [1.54, 1.807) is 0 Å². The third-order valence-corrected chi connectivity index (χ3v) is 2.86. The third kappa shape index (κ3) is 3.07. The van der Waals surface area contributed by atoms with Crippen LogP contribution in [0.2, 0.25) is 0 Å². The van der Waals surface area contributed by atoms with Crippen LogP contribution in [0.3, 0.4) is 0 Å². The van der Waals surface area contributed by atoms with Crippen molar-refractivity contribution in [3.05, 3.63) is 29.3 Å². The van der Waals surface area contributed by atoms with E-state index in [4.69, 9.17) is 5.11 Å². The Morgan fingerprint density at radius 1 is 1.39 bits per heavy atom. The number of rotatable bonds is 4. The Morgan fingerprint density at radius 3 is 3.00 bits per heavy atom. The first-order valence-corrected chi connectivity index (χ1v) is 5.98. The maximum atomic E-state index is 11.5. The van der Waals surface area contributed by atoms with E-state index in [0.717, 1.165) is 16.8 Å². The number of hydrogen-bond acceptors (Lipinski definition) is 3. The largest absolute Gasteiger partial charge is 0.395 e. The molecule has 0 unspecified atom stereocenters. The first-order chi connectivity index (χ1) is 8.69. The van der Waals surface area contributed by atoms with Crippen molar-refractivity contribution in [2.75, 3.05) is 18.5 Å². The number of fused-ring (bicyclic) bond motifs is 1. The van der Waals surface area contributed by atoms with Gasteiger partial charge in [-0.1, -0.05) is 12.1 Å². The van der Waals surface area contributed by atoms with Crippen LogP contribution in [0, 0.1) is 0 Å². The van der Waals surface area contributed by atoms with Crippen molar-refractivity contribution in [3.63, 3.8) is 0 Å². The molecule has 96 valence electrons. The monoisotopic (exact) mass is 248 g/mol. The van der Waals surface area contributed by atoms with E-state index < -0.39 is 0 Å². The summed E-state index contributed by atoms with van der Waals surface area (Å²) in [5.74, 6) is -0.0696. The highest BCUT2D eigenvalue weighted by atomic mass is 16.3. The molecule has 5 heteroatoms. The average molecular weight is 248 g/mol. The standard InChI is InChI=1S/C13H16N2O3/c16-6-5-14-13(18)8-9-1-3-11-10(7-9)2-4-12(17)15-11/h1,3,7,16H,2,4-6,8H2,(H,14,18)(H,15,17). The normalized spacial score (nSPS) is 13.7. The van der Waals surface area contributed by atoms with E-state index in [9.17, 15) is 9.59 Å². The Morgan fingerprint density at radius 2 is 2.22 bits per heavy atom.